The molecule has 0 saturated heterocycles. The Hall–Kier alpha value is -7.44. The number of aliphatic carboxylic acids is 2. The van der Waals surface area contributed by atoms with Crippen molar-refractivity contribution in [1.82, 2.24) is 30.6 Å². The molecular weight excluding hydrogens is 817 g/mol. The summed E-state index contributed by atoms with van der Waals surface area (Å²) in [7, 11) is 0. The zero-order chi connectivity index (χ0) is 44.7. The van der Waals surface area contributed by atoms with Crippen molar-refractivity contribution < 1.29 is 57.2 Å². The van der Waals surface area contributed by atoms with Gasteiger partial charge in [-0.05, 0) is 60.4 Å². The quantitative estimate of drug-likeness (QED) is 0.0992. The molecule has 4 aromatic carbocycles. The van der Waals surface area contributed by atoms with Crippen molar-refractivity contribution in [2.45, 2.75) is 51.0 Å². The number of nitrogens with one attached hydrogen (secondary N) is 2. The minimum absolute atomic E-state index is 0.118. The smallest absolute Gasteiger partial charge is 0.340 e. The molecule has 6 N–H and O–H groups in total. The highest BCUT2D eigenvalue weighted by molar-refractivity contribution is 5.99. The Bertz CT molecular complexity index is 2570. The van der Waals surface area contributed by atoms with Crippen molar-refractivity contribution in [2.75, 3.05) is 0 Å². The minimum Gasteiger partial charge on any atom is -0.479 e. The van der Waals surface area contributed by atoms with Gasteiger partial charge in [-0.3, -0.25) is 9.59 Å². The van der Waals surface area contributed by atoms with Gasteiger partial charge in [-0.25, -0.2) is 47.1 Å². The van der Waals surface area contributed by atoms with E-state index in [-0.39, 0.29) is 94.2 Å². The van der Waals surface area contributed by atoms with Gasteiger partial charge >= 0.3 is 11.9 Å². The van der Waals surface area contributed by atoms with Gasteiger partial charge in [-0.15, -0.1) is 0 Å². The summed E-state index contributed by atoms with van der Waals surface area (Å²) in [5.74, 6) is -7.12. The zero-order valence-corrected chi connectivity index (χ0v) is 32.6. The first-order chi connectivity index (χ1) is 29.4. The van der Waals surface area contributed by atoms with Crippen LogP contribution in [0, 0.1) is 23.3 Å². The molecule has 2 aliphatic heterocycles. The minimum atomic E-state index is -2.05. The summed E-state index contributed by atoms with van der Waals surface area (Å²) in [4.78, 5) is 63.9. The lowest BCUT2D eigenvalue weighted by atomic mass is 9.94. The predicted molar refractivity (Wildman–Crippen MR) is 210 cm³/mol. The van der Waals surface area contributed by atoms with Gasteiger partial charge in [0.25, 0.3) is 11.8 Å². The number of aromatic nitrogens is 4. The molecule has 1 unspecified atom stereocenters. The van der Waals surface area contributed by atoms with Gasteiger partial charge < -0.3 is 31.1 Å². The molecule has 0 saturated carbocycles. The van der Waals surface area contributed by atoms with E-state index in [1.54, 1.807) is 24.3 Å². The second kappa shape index (κ2) is 16.5. The maximum absolute atomic E-state index is 14.3. The molecule has 0 radical (unpaired) electrons. The van der Waals surface area contributed by atoms with Crippen molar-refractivity contribution in [3.63, 3.8) is 0 Å². The standard InChI is InChI=1S/2C22H17F2N3O4/c2*1-22(31,21(29)30)12-7-5-11(6-8-12)9-15-18-16(10-25-20(18)28)27-19(26-15)17-13(23)3-2-4-14(17)24/h2*2-8,31H,9-10H2,1H3,(H,25,28)(H,29,30)/t22-;/m0./s1. The van der Waals surface area contributed by atoms with Gasteiger partial charge in [0.15, 0.2) is 22.9 Å². The SMILES string of the molecule is CC(O)(C(=O)O)c1ccc(Cc2nc(-c3c(F)cccc3F)nc3c2C(=O)NC3)cc1.C[C@@](O)(C(=O)O)c1ccc(Cc2nc(-c3c(F)cccc3F)nc3c2C(=O)NC3)cc1. The number of nitrogens with zero attached hydrogens (tertiary/aromatic N) is 4. The second-order valence-corrected chi connectivity index (χ2v) is 14.7. The van der Waals surface area contributed by atoms with Crippen LogP contribution >= 0.6 is 0 Å². The fraction of sp³-hybridized carbons (Fsp3) is 0.182. The monoisotopic (exact) mass is 850 g/mol. The fourth-order valence-corrected chi connectivity index (χ4v) is 6.83. The Morgan fingerprint density at radius 1 is 0.548 bits per heavy atom. The third-order valence-corrected chi connectivity index (χ3v) is 10.4. The molecule has 316 valence electrons. The van der Waals surface area contributed by atoms with E-state index in [0.29, 0.717) is 22.5 Å². The first kappa shape index (κ1) is 42.7. The number of amides is 2. The van der Waals surface area contributed by atoms with Crippen LogP contribution in [0.15, 0.2) is 84.9 Å². The number of carboxylic acids is 2. The maximum Gasteiger partial charge on any atom is 0.340 e. The molecule has 6 aromatic rings. The lowest BCUT2D eigenvalue weighted by Gasteiger charge is -2.18. The van der Waals surface area contributed by atoms with Crippen LogP contribution in [0.2, 0.25) is 0 Å². The van der Waals surface area contributed by atoms with E-state index in [4.69, 9.17) is 10.2 Å². The largest absolute Gasteiger partial charge is 0.479 e. The molecule has 2 atom stereocenters. The van der Waals surface area contributed by atoms with Crippen molar-refractivity contribution in [1.29, 1.82) is 0 Å². The third-order valence-electron chi connectivity index (χ3n) is 10.4. The van der Waals surface area contributed by atoms with Crippen molar-refractivity contribution >= 4 is 23.8 Å². The lowest BCUT2D eigenvalue weighted by molar-refractivity contribution is -0.158. The first-order valence-corrected chi connectivity index (χ1v) is 18.7. The van der Waals surface area contributed by atoms with E-state index in [9.17, 15) is 47.0 Å². The normalized spacial score (nSPS) is 14.6. The number of halogens is 4. The summed E-state index contributed by atoms with van der Waals surface area (Å²) in [6, 6.07) is 19.1. The molecule has 0 aliphatic carbocycles. The van der Waals surface area contributed by atoms with E-state index in [1.807, 2.05) is 0 Å². The highest BCUT2D eigenvalue weighted by Crippen LogP contribution is 2.31. The topological polar surface area (TPSA) is 225 Å². The average molecular weight is 851 g/mol. The molecule has 2 amide bonds. The van der Waals surface area contributed by atoms with Crippen LogP contribution in [0.5, 0.6) is 0 Å². The summed E-state index contributed by atoms with van der Waals surface area (Å²) in [6.45, 7) is 2.57. The molecule has 18 heteroatoms. The van der Waals surface area contributed by atoms with Gasteiger partial charge in [0.1, 0.15) is 23.3 Å². The summed E-state index contributed by atoms with van der Waals surface area (Å²) >= 11 is 0. The van der Waals surface area contributed by atoms with Crippen molar-refractivity contribution in [3.8, 4) is 22.8 Å². The highest BCUT2D eigenvalue weighted by Gasteiger charge is 2.34. The molecule has 14 nitrogen and oxygen atoms in total. The highest BCUT2D eigenvalue weighted by atomic mass is 19.1. The van der Waals surface area contributed by atoms with Crippen LogP contribution in [0.1, 0.15) is 79.6 Å². The Balaban J connectivity index is 0.000000186. The molecule has 4 heterocycles. The molecule has 0 spiro atoms. The van der Waals surface area contributed by atoms with Gasteiger partial charge in [0.05, 0.1) is 58.1 Å². The molecule has 0 bridgehead atoms. The van der Waals surface area contributed by atoms with E-state index in [2.05, 4.69) is 30.6 Å². The van der Waals surface area contributed by atoms with Crippen molar-refractivity contribution in [3.05, 3.63) is 164 Å². The Morgan fingerprint density at radius 2 is 0.871 bits per heavy atom. The number of carbonyl (C=O) groups is 4. The summed E-state index contributed by atoms with van der Waals surface area (Å²) in [5.41, 5.74) is -1.40. The Kier molecular flexibility index (Phi) is 11.4. The van der Waals surface area contributed by atoms with Gasteiger partial charge in [-0.1, -0.05) is 60.7 Å². The summed E-state index contributed by atoms with van der Waals surface area (Å²) in [5, 5.41) is 43.7. The summed E-state index contributed by atoms with van der Waals surface area (Å²) in [6.07, 6.45) is 0.272. The molecule has 0 fully saturated rings. The maximum atomic E-state index is 14.3. The Morgan fingerprint density at radius 3 is 1.18 bits per heavy atom. The molecule has 2 aromatic heterocycles. The number of hydrogen-bond donors (Lipinski definition) is 6. The van der Waals surface area contributed by atoms with Crippen molar-refractivity contribution in [2.24, 2.45) is 0 Å². The number of carboxylic acid groups (broad SMARTS) is 2. The zero-order valence-electron chi connectivity index (χ0n) is 32.6. The number of hydrogen-bond acceptors (Lipinski definition) is 10. The third kappa shape index (κ3) is 8.20. The van der Waals surface area contributed by atoms with Crippen LogP contribution < -0.4 is 10.6 Å². The number of benzene rings is 4. The van der Waals surface area contributed by atoms with Gasteiger partial charge in [0.2, 0.25) is 0 Å². The van der Waals surface area contributed by atoms with E-state index in [1.165, 1.54) is 50.2 Å². The fourth-order valence-electron chi connectivity index (χ4n) is 6.83. The molecule has 8 rings (SSSR count). The molecule has 2 aliphatic rings. The Labute approximate surface area is 349 Å². The number of aliphatic hydroxyl groups is 2. The lowest BCUT2D eigenvalue weighted by Crippen LogP contribution is -2.31. The van der Waals surface area contributed by atoms with Crippen LogP contribution in [0.25, 0.3) is 22.8 Å². The predicted octanol–water partition coefficient (Wildman–Crippen LogP) is 5.10. The number of rotatable bonds is 10. The van der Waals surface area contributed by atoms with Gasteiger partial charge in [0, 0.05) is 12.8 Å². The molecule has 62 heavy (non-hydrogen) atoms. The molecular formula is C44H34F4N6O8. The number of carbonyl (C=O) groups excluding carboxylic acids is 2. The van der Waals surface area contributed by atoms with E-state index in [0.717, 1.165) is 24.3 Å². The second-order valence-electron chi connectivity index (χ2n) is 14.7. The van der Waals surface area contributed by atoms with Crippen LogP contribution in [-0.4, -0.2) is 64.1 Å². The first-order valence-electron chi connectivity index (χ1n) is 18.7. The van der Waals surface area contributed by atoms with Crippen LogP contribution in [0.3, 0.4) is 0 Å². The van der Waals surface area contributed by atoms with E-state index >= 15 is 0 Å². The summed E-state index contributed by atoms with van der Waals surface area (Å²) < 4.78 is 57.1. The van der Waals surface area contributed by atoms with E-state index < -0.39 is 46.4 Å². The van der Waals surface area contributed by atoms with Crippen LogP contribution in [-0.2, 0) is 46.7 Å². The van der Waals surface area contributed by atoms with Crippen LogP contribution in [0.4, 0.5) is 17.6 Å². The average Bonchev–Trinajstić information content (AvgIpc) is 3.80. The number of fused-ring (bicyclic) bond motifs is 2. The van der Waals surface area contributed by atoms with Gasteiger partial charge in [-0.2, -0.15) is 0 Å².